The highest BCUT2D eigenvalue weighted by Gasteiger charge is 2.29. The number of aliphatic hydroxyl groups excluding tert-OH is 1. The Kier molecular flexibility index (Phi) is 6.72. The van der Waals surface area contributed by atoms with Crippen molar-refractivity contribution in [2.45, 2.75) is 45.2 Å². The van der Waals surface area contributed by atoms with Crippen LogP contribution in [0.25, 0.3) is 5.65 Å². The molecule has 0 unspecified atom stereocenters. The summed E-state index contributed by atoms with van der Waals surface area (Å²) in [7, 11) is 0. The molecule has 0 aliphatic heterocycles. The van der Waals surface area contributed by atoms with Gasteiger partial charge in [0.05, 0.1) is 23.3 Å². The van der Waals surface area contributed by atoms with Crippen LogP contribution in [0.4, 0.5) is 17.3 Å². The Bertz CT molecular complexity index is 1050. The van der Waals surface area contributed by atoms with Gasteiger partial charge in [-0.1, -0.05) is 25.5 Å². The van der Waals surface area contributed by atoms with Gasteiger partial charge in [-0.05, 0) is 52.9 Å². The number of nitrogens with zero attached hydrogens (tertiary/aromatic N) is 3. The Morgan fingerprint density at radius 2 is 2.10 bits per heavy atom. The van der Waals surface area contributed by atoms with Crippen molar-refractivity contribution in [3.05, 3.63) is 46.6 Å². The van der Waals surface area contributed by atoms with E-state index in [1.807, 2.05) is 30.3 Å². The summed E-state index contributed by atoms with van der Waals surface area (Å²) >= 11 is 3.50. The molecule has 4 rings (SSSR count). The molecule has 2 aromatic heterocycles. The summed E-state index contributed by atoms with van der Waals surface area (Å²) in [5.74, 6) is 1.77. The fourth-order valence-corrected chi connectivity index (χ4v) is 3.74. The van der Waals surface area contributed by atoms with Crippen LogP contribution in [0.15, 0.2) is 41.0 Å². The fourth-order valence-electron chi connectivity index (χ4n) is 3.39. The second-order valence-corrected chi connectivity index (χ2v) is 8.74. The van der Waals surface area contributed by atoms with E-state index in [9.17, 15) is 9.90 Å². The van der Waals surface area contributed by atoms with Gasteiger partial charge in [0.2, 0.25) is 5.91 Å². The lowest BCUT2D eigenvalue weighted by Crippen LogP contribution is -2.24. The maximum Gasteiger partial charge on any atom is 0.227 e. The minimum atomic E-state index is -0.0482. The van der Waals surface area contributed by atoms with Crippen molar-refractivity contribution in [3.63, 3.8) is 0 Å². The summed E-state index contributed by atoms with van der Waals surface area (Å²) in [6.45, 7) is 2.73. The quantitative estimate of drug-likeness (QED) is 0.345. The standard InChI is InChI=1S/C22H27BrN6O2/c1-2-3-17(13-30)26-19-10-20(29-21(28-19)18(23)12-25-29)24-11-14-4-8-16(9-5-14)27-22(31)15-6-7-15/h4-5,8-10,12,15,17,24,30H,2-3,6-7,11,13H2,1H3,(H,26,28)(H,27,31)/t17-/m1/s1. The van der Waals surface area contributed by atoms with E-state index in [1.165, 1.54) is 0 Å². The highest BCUT2D eigenvalue weighted by molar-refractivity contribution is 9.10. The molecule has 4 N–H and O–H groups in total. The van der Waals surface area contributed by atoms with Crippen molar-refractivity contribution in [1.82, 2.24) is 14.6 Å². The van der Waals surface area contributed by atoms with Crippen molar-refractivity contribution in [1.29, 1.82) is 0 Å². The van der Waals surface area contributed by atoms with Gasteiger partial charge in [0.25, 0.3) is 0 Å². The Morgan fingerprint density at radius 1 is 1.32 bits per heavy atom. The Labute approximate surface area is 189 Å². The monoisotopic (exact) mass is 486 g/mol. The molecule has 1 amide bonds. The minimum absolute atomic E-state index is 0.0482. The summed E-state index contributed by atoms with van der Waals surface area (Å²) < 4.78 is 2.54. The number of benzene rings is 1. The number of aliphatic hydroxyl groups is 1. The number of fused-ring (bicyclic) bond motifs is 1. The van der Waals surface area contributed by atoms with Crippen molar-refractivity contribution < 1.29 is 9.90 Å². The third-order valence-corrected chi connectivity index (χ3v) is 5.84. The predicted molar refractivity (Wildman–Crippen MR) is 125 cm³/mol. The summed E-state index contributed by atoms with van der Waals surface area (Å²) in [6.07, 6.45) is 5.53. The number of anilines is 3. The molecule has 3 aromatic rings. The number of carbonyl (C=O) groups excluding carboxylic acids is 1. The average Bonchev–Trinajstić information content (AvgIpc) is 3.56. The van der Waals surface area contributed by atoms with Gasteiger partial charge >= 0.3 is 0 Å². The van der Waals surface area contributed by atoms with Gasteiger partial charge in [0, 0.05) is 24.2 Å². The van der Waals surface area contributed by atoms with Gasteiger partial charge in [0.1, 0.15) is 11.6 Å². The molecule has 1 aliphatic rings. The van der Waals surface area contributed by atoms with E-state index in [4.69, 9.17) is 0 Å². The third kappa shape index (κ3) is 5.34. The molecular formula is C22H27BrN6O2. The topological polar surface area (TPSA) is 104 Å². The second-order valence-electron chi connectivity index (χ2n) is 7.88. The Morgan fingerprint density at radius 3 is 2.77 bits per heavy atom. The fraction of sp³-hybridized carbons (Fsp3) is 0.409. The molecular weight excluding hydrogens is 460 g/mol. The number of amides is 1. The van der Waals surface area contributed by atoms with Crippen LogP contribution in [0.5, 0.6) is 0 Å². The molecule has 0 bridgehead atoms. The van der Waals surface area contributed by atoms with Crippen LogP contribution >= 0.6 is 15.9 Å². The maximum atomic E-state index is 11.9. The Hall–Kier alpha value is -2.65. The van der Waals surface area contributed by atoms with E-state index in [0.29, 0.717) is 18.0 Å². The molecule has 0 spiro atoms. The first-order valence-corrected chi connectivity index (χ1v) is 11.4. The summed E-state index contributed by atoms with van der Waals surface area (Å²) in [4.78, 5) is 16.5. The summed E-state index contributed by atoms with van der Waals surface area (Å²) in [5, 5.41) is 23.7. The van der Waals surface area contributed by atoms with Crippen molar-refractivity contribution in [3.8, 4) is 0 Å². The van der Waals surface area contributed by atoms with Gasteiger partial charge in [-0.2, -0.15) is 9.61 Å². The van der Waals surface area contributed by atoms with E-state index < -0.39 is 0 Å². The number of rotatable bonds is 10. The van der Waals surface area contributed by atoms with Crippen LogP contribution in [0, 0.1) is 5.92 Å². The van der Waals surface area contributed by atoms with E-state index in [2.05, 4.69) is 48.9 Å². The van der Waals surface area contributed by atoms with E-state index in [0.717, 1.165) is 47.2 Å². The van der Waals surface area contributed by atoms with Crippen LogP contribution in [0.2, 0.25) is 0 Å². The molecule has 1 atom stereocenters. The zero-order valence-electron chi connectivity index (χ0n) is 17.4. The van der Waals surface area contributed by atoms with Gasteiger partial charge in [-0.25, -0.2) is 4.98 Å². The first-order valence-electron chi connectivity index (χ1n) is 10.6. The SMILES string of the molecule is CCC[C@H](CO)Nc1cc(NCc2ccc(NC(=O)C3CC3)cc2)n2ncc(Br)c2n1. The smallest absolute Gasteiger partial charge is 0.227 e. The molecule has 0 saturated heterocycles. The molecule has 2 heterocycles. The third-order valence-electron chi connectivity index (χ3n) is 5.28. The van der Waals surface area contributed by atoms with Crippen molar-refractivity contribution in [2.75, 3.05) is 22.6 Å². The number of aromatic nitrogens is 3. The lowest BCUT2D eigenvalue weighted by Gasteiger charge is -2.17. The number of nitrogens with one attached hydrogen (secondary N) is 3. The van der Waals surface area contributed by atoms with Crippen LogP contribution in [0.1, 0.15) is 38.2 Å². The molecule has 1 fully saturated rings. The molecule has 9 heteroatoms. The van der Waals surface area contributed by atoms with Gasteiger partial charge in [-0.3, -0.25) is 4.79 Å². The second kappa shape index (κ2) is 9.65. The van der Waals surface area contributed by atoms with Crippen LogP contribution < -0.4 is 16.0 Å². The number of carbonyl (C=O) groups is 1. The zero-order valence-corrected chi connectivity index (χ0v) is 19.0. The van der Waals surface area contributed by atoms with Crippen molar-refractivity contribution in [2.24, 2.45) is 5.92 Å². The first kappa shape index (κ1) is 21.6. The summed E-state index contributed by atoms with van der Waals surface area (Å²) in [5.41, 5.74) is 2.59. The summed E-state index contributed by atoms with van der Waals surface area (Å²) in [6, 6.07) is 9.69. The van der Waals surface area contributed by atoms with Crippen LogP contribution in [-0.2, 0) is 11.3 Å². The number of halogens is 1. The normalized spacial score (nSPS) is 14.4. The zero-order chi connectivity index (χ0) is 21.8. The molecule has 1 aromatic carbocycles. The molecule has 164 valence electrons. The number of hydrogen-bond donors (Lipinski definition) is 4. The molecule has 1 saturated carbocycles. The highest BCUT2D eigenvalue weighted by Crippen LogP contribution is 2.30. The molecule has 0 radical (unpaired) electrons. The van der Waals surface area contributed by atoms with Crippen LogP contribution in [0.3, 0.4) is 0 Å². The predicted octanol–water partition coefficient (Wildman–Crippen LogP) is 4.03. The largest absolute Gasteiger partial charge is 0.394 e. The van der Waals surface area contributed by atoms with E-state index in [1.54, 1.807) is 10.7 Å². The van der Waals surface area contributed by atoms with E-state index >= 15 is 0 Å². The van der Waals surface area contributed by atoms with E-state index in [-0.39, 0.29) is 24.5 Å². The molecule has 8 nitrogen and oxygen atoms in total. The molecule has 1 aliphatic carbocycles. The lowest BCUT2D eigenvalue weighted by molar-refractivity contribution is -0.117. The molecule has 31 heavy (non-hydrogen) atoms. The van der Waals surface area contributed by atoms with Crippen LogP contribution in [-0.4, -0.2) is 38.3 Å². The lowest BCUT2D eigenvalue weighted by atomic mass is 10.2. The Balaban J connectivity index is 1.47. The number of hydrogen-bond acceptors (Lipinski definition) is 6. The van der Waals surface area contributed by atoms with Gasteiger partial charge in [-0.15, -0.1) is 0 Å². The minimum Gasteiger partial charge on any atom is -0.394 e. The van der Waals surface area contributed by atoms with Gasteiger partial charge < -0.3 is 21.1 Å². The highest BCUT2D eigenvalue weighted by atomic mass is 79.9. The average molecular weight is 487 g/mol. The maximum absolute atomic E-state index is 11.9. The first-order chi connectivity index (χ1) is 15.1. The van der Waals surface area contributed by atoms with Gasteiger partial charge in [0.15, 0.2) is 5.65 Å². The van der Waals surface area contributed by atoms with Crippen molar-refractivity contribution >= 4 is 44.8 Å².